The highest BCUT2D eigenvalue weighted by atomic mass is 19.4. The third-order valence-electron chi connectivity index (χ3n) is 6.68. The Kier molecular flexibility index (Phi) is 7.20. The molecule has 1 N–H and O–H groups in total. The summed E-state index contributed by atoms with van der Waals surface area (Å²) >= 11 is 0. The van der Waals surface area contributed by atoms with Gasteiger partial charge in [-0.15, -0.1) is 0 Å². The molecular formula is C27H29F4N5O5. The van der Waals surface area contributed by atoms with Gasteiger partial charge in [-0.2, -0.15) is 27.8 Å². The summed E-state index contributed by atoms with van der Waals surface area (Å²) in [5.74, 6) is -1.13. The number of fused-ring (bicyclic) bond motifs is 1. The third kappa shape index (κ3) is 6.30. The summed E-state index contributed by atoms with van der Waals surface area (Å²) in [4.78, 5) is 31.7. The van der Waals surface area contributed by atoms with E-state index in [9.17, 15) is 32.3 Å². The van der Waals surface area contributed by atoms with Crippen molar-refractivity contribution in [3.05, 3.63) is 47.4 Å². The molecule has 2 aromatic heterocycles. The maximum absolute atomic E-state index is 14.6. The van der Waals surface area contributed by atoms with Gasteiger partial charge < -0.3 is 19.5 Å². The number of benzene rings is 1. The van der Waals surface area contributed by atoms with Crippen molar-refractivity contribution in [2.24, 2.45) is 0 Å². The molecule has 2 aliphatic rings. The minimum Gasteiger partial charge on any atom is -0.472 e. The maximum atomic E-state index is 14.6. The average Bonchev–Trinajstić information content (AvgIpc) is 3.61. The standard InChI is InChI=1S/C27H29F4N5O5/c1-26(2,3)41-25(39)35(18-10-16(27(29,30)31)9-17(28)11-18)22-12-21(40-19-5-4-8-34(14-19)24(37)38)33-23-20(15-6-7-15)13-32-36(22)23/h9-13,15,19H,4-8,14H2,1-3H3,(H,37,38)/t19-/m0/s1. The molecule has 1 saturated carbocycles. The molecule has 10 nitrogen and oxygen atoms in total. The van der Waals surface area contributed by atoms with Crippen molar-refractivity contribution < 1.29 is 41.7 Å². The van der Waals surface area contributed by atoms with Gasteiger partial charge in [-0.05, 0) is 70.6 Å². The van der Waals surface area contributed by atoms with Crippen LogP contribution in [-0.4, -0.2) is 61.6 Å². The summed E-state index contributed by atoms with van der Waals surface area (Å²) in [6, 6.07) is 3.09. The molecule has 220 valence electrons. The zero-order valence-corrected chi connectivity index (χ0v) is 22.6. The average molecular weight is 580 g/mol. The molecule has 41 heavy (non-hydrogen) atoms. The van der Waals surface area contributed by atoms with Crippen LogP contribution in [0, 0.1) is 5.82 Å². The number of ether oxygens (including phenoxy) is 2. The SMILES string of the molecule is CC(C)(C)OC(=O)N(c1cc(F)cc(C(F)(F)F)c1)c1cc(O[C@H]2CCCN(C(=O)O)C2)nc2c(C3CC3)cnn12. The van der Waals surface area contributed by atoms with E-state index < -0.39 is 47.1 Å². The fraction of sp³-hybridized carbons (Fsp3) is 0.481. The summed E-state index contributed by atoms with van der Waals surface area (Å²) in [5.41, 5.74) is -1.72. The summed E-state index contributed by atoms with van der Waals surface area (Å²) < 4.78 is 68.4. The third-order valence-corrected chi connectivity index (χ3v) is 6.68. The van der Waals surface area contributed by atoms with Gasteiger partial charge in [0.05, 0.1) is 24.0 Å². The van der Waals surface area contributed by atoms with E-state index in [0.717, 1.165) is 29.4 Å². The second-order valence-electron chi connectivity index (χ2n) is 11.2. The lowest BCUT2D eigenvalue weighted by atomic mass is 10.1. The number of likely N-dealkylation sites (tertiary alicyclic amines) is 1. The molecule has 0 unspecified atom stereocenters. The van der Waals surface area contributed by atoms with Gasteiger partial charge in [0.2, 0.25) is 5.88 Å². The Morgan fingerprint density at radius 1 is 1.10 bits per heavy atom. The minimum absolute atomic E-state index is 0.00754. The number of piperidine rings is 1. The van der Waals surface area contributed by atoms with Crippen LogP contribution >= 0.6 is 0 Å². The van der Waals surface area contributed by atoms with Crippen molar-refractivity contribution in [2.45, 2.75) is 70.3 Å². The predicted molar refractivity (Wildman–Crippen MR) is 138 cm³/mol. The first kappa shape index (κ1) is 28.4. The number of anilines is 2. The fourth-order valence-electron chi connectivity index (χ4n) is 4.73. The Balaban J connectivity index is 1.66. The second-order valence-corrected chi connectivity index (χ2v) is 11.2. The van der Waals surface area contributed by atoms with Gasteiger partial charge in [0.25, 0.3) is 0 Å². The fourth-order valence-corrected chi connectivity index (χ4v) is 4.73. The Labute approximate surface area is 232 Å². The summed E-state index contributed by atoms with van der Waals surface area (Å²) in [6.07, 6.45) is -3.18. The number of alkyl halides is 3. The maximum Gasteiger partial charge on any atom is 0.420 e. The molecule has 14 heteroatoms. The molecule has 0 spiro atoms. The molecule has 2 amide bonds. The molecule has 3 heterocycles. The van der Waals surface area contributed by atoms with E-state index in [1.165, 1.54) is 15.5 Å². The first-order chi connectivity index (χ1) is 19.2. The largest absolute Gasteiger partial charge is 0.472 e. The zero-order valence-electron chi connectivity index (χ0n) is 22.6. The van der Waals surface area contributed by atoms with Crippen molar-refractivity contribution in [3.8, 4) is 5.88 Å². The number of rotatable bonds is 5. The first-order valence-electron chi connectivity index (χ1n) is 13.1. The van der Waals surface area contributed by atoms with Crippen LogP contribution in [0.3, 0.4) is 0 Å². The van der Waals surface area contributed by atoms with Crippen LogP contribution in [0.1, 0.15) is 63.5 Å². The highest BCUT2D eigenvalue weighted by Crippen LogP contribution is 2.43. The van der Waals surface area contributed by atoms with Crippen LogP contribution < -0.4 is 9.64 Å². The van der Waals surface area contributed by atoms with Crippen LogP contribution in [0.5, 0.6) is 5.88 Å². The van der Waals surface area contributed by atoms with Gasteiger partial charge in [0, 0.05) is 18.2 Å². The number of hydrogen-bond donors (Lipinski definition) is 1. The Bertz CT molecular complexity index is 1480. The van der Waals surface area contributed by atoms with Crippen LogP contribution in [0.2, 0.25) is 0 Å². The molecule has 1 aliphatic carbocycles. The Morgan fingerprint density at radius 3 is 2.46 bits per heavy atom. The van der Waals surface area contributed by atoms with Gasteiger partial charge in [-0.1, -0.05) is 0 Å². The highest BCUT2D eigenvalue weighted by molar-refractivity contribution is 5.96. The van der Waals surface area contributed by atoms with Gasteiger partial charge in [0.15, 0.2) is 11.5 Å². The smallest absolute Gasteiger partial charge is 0.420 e. The van der Waals surface area contributed by atoms with E-state index in [2.05, 4.69) is 10.1 Å². The van der Waals surface area contributed by atoms with E-state index in [1.807, 2.05) is 0 Å². The molecule has 0 bridgehead atoms. The number of hydrogen-bond acceptors (Lipinski definition) is 6. The molecule has 0 radical (unpaired) electrons. The number of carbonyl (C=O) groups excluding carboxylic acids is 1. The number of aromatic nitrogens is 3. The van der Waals surface area contributed by atoms with Gasteiger partial charge >= 0.3 is 18.4 Å². The lowest BCUT2D eigenvalue weighted by Crippen LogP contribution is -2.43. The zero-order chi connectivity index (χ0) is 29.7. The number of carboxylic acid groups (broad SMARTS) is 1. The molecule has 2 fully saturated rings. The van der Waals surface area contributed by atoms with Crippen molar-refractivity contribution >= 4 is 29.3 Å². The lowest BCUT2D eigenvalue weighted by molar-refractivity contribution is -0.137. The second kappa shape index (κ2) is 10.4. The van der Waals surface area contributed by atoms with Crippen molar-refractivity contribution in [3.63, 3.8) is 0 Å². The van der Waals surface area contributed by atoms with E-state index >= 15 is 0 Å². The van der Waals surface area contributed by atoms with E-state index in [0.29, 0.717) is 37.2 Å². The Hall–Kier alpha value is -4.10. The van der Waals surface area contributed by atoms with Crippen molar-refractivity contribution in [1.82, 2.24) is 19.5 Å². The van der Waals surface area contributed by atoms with Crippen LogP contribution in [0.15, 0.2) is 30.5 Å². The summed E-state index contributed by atoms with van der Waals surface area (Å²) in [6.45, 7) is 5.20. The van der Waals surface area contributed by atoms with Crippen LogP contribution in [-0.2, 0) is 10.9 Å². The summed E-state index contributed by atoms with van der Waals surface area (Å²) in [5, 5.41) is 13.8. The Morgan fingerprint density at radius 2 is 1.83 bits per heavy atom. The number of halogens is 4. The van der Waals surface area contributed by atoms with Crippen molar-refractivity contribution in [2.75, 3.05) is 18.0 Å². The molecule has 5 rings (SSSR count). The number of carbonyl (C=O) groups is 2. The van der Waals surface area contributed by atoms with Gasteiger partial charge in [-0.25, -0.2) is 18.9 Å². The molecule has 1 atom stereocenters. The molecule has 3 aromatic rings. The van der Waals surface area contributed by atoms with Gasteiger partial charge in [-0.3, -0.25) is 0 Å². The molecular weight excluding hydrogens is 550 g/mol. The number of nitrogens with zero attached hydrogens (tertiary/aromatic N) is 5. The predicted octanol–water partition coefficient (Wildman–Crippen LogP) is 6.36. The molecule has 1 aliphatic heterocycles. The quantitative estimate of drug-likeness (QED) is 0.351. The molecule has 1 saturated heterocycles. The van der Waals surface area contributed by atoms with Crippen LogP contribution in [0.25, 0.3) is 5.65 Å². The molecule has 1 aromatic carbocycles. The monoisotopic (exact) mass is 579 g/mol. The normalized spacial score (nSPS) is 17.9. The number of amides is 2. The first-order valence-corrected chi connectivity index (χ1v) is 13.1. The van der Waals surface area contributed by atoms with E-state index in [1.54, 1.807) is 27.0 Å². The van der Waals surface area contributed by atoms with E-state index in [-0.39, 0.29) is 24.2 Å². The van der Waals surface area contributed by atoms with Crippen molar-refractivity contribution in [1.29, 1.82) is 0 Å². The minimum atomic E-state index is -4.89. The summed E-state index contributed by atoms with van der Waals surface area (Å²) in [7, 11) is 0. The lowest BCUT2D eigenvalue weighted by Gasteiger charge is -2.31. The van der Waals surface area contributed by atoms with E-state index in [4.69, 9.17) is 9.47 Å². The topological polar surface area (TPSA) is 110 Å². The van der Waals surface area contributed by atoms with Crippen LogP contribution in [0.4, 0.5) is 38.7 Å². The van der Waals surface area contributed by atoms with Gasteiger partial charge in [0.1, 0.15) is 17.5 Å². The highest BCUT2D eigenvalue weighted by Gasteiger charge is 2.36.